The van der Waals surface area contributed by atoms with Gasteiger partial charge in [0, 0.05) is 29.8 Å². The van der Waals surface area contributed by atoms with Crippen molar-refractivity contribution in [1.82, 2.24) is 10.2 Å². The lowest BCUT2D eigenvalue weighted by atomic mass is 9.53. The van der Waals surface area contributed by atoms with E-state index in [0.29, 0.717) is 0 Å². The summed E-state index contributed by atoms with van der Waals surface area (Å²) >= 11 is 0. The molecule has 2 aromatic rings. The van der Waals surface area contributed by atoms with Crippen LogP contribution < -0.4 is 10.6 Å². The number of carbonyl (C=O) groups is 1. The summed E-state index contributed by atoms with van der Waals surface area (Å²) in [6, 6.07) is 16.0. The number of nitrogens with one attached hydrogen (secondary N) is 2. The van der Waals surface area contributed by atoms with E-state index in [1.807, 2.05) is 36.4 Å². The van der Waals surface area contributed by atoms with Crippen LogP contribution in [0.1, 0.15) is 106 Å². The van der Waals surface area contributed by atoms with Crippen LogP contribution in [0.5, 0.6) is 0 Å². The third-order valence-electron chi connectivity index (χ3n) is 10.9. The number of likely N-dealkylation sites (tertiary alicyclic amines) is 1. The van der Waals surface area contributed by atoms with Gasteiger partial charge in [-0.2, -0.15) is 0 Å². The van der Waals surface area contributed by atoms with E-state index < -0.39 is 6.29 Å². The summed E-state index contributed by atoms with van der Waals surface area (Å²) in [5, 5.41) is 16.0. The van der Waals surface area contributed by atoms with Crippen molar-refractivity contribution in [2.75, 3.05) is 25.0 Å². The third kappa shape index (κ3) is 6.95. The maximum Gasteiger partial charge on any atom is 0.319 e. The van der Waals surface area contributed by atoms with Gasteiger partial charge in [-0.25, -0.2) is 4.79 Å². The number of aliphatic hydroxyl groups is 1. The summed E-state index contributed by atoms with van der Waals surface area (Å²) in [5.74, 6) is 2.39. The number of nitrogens with zero attached hydrogens (tertiary/aromatic N) is 1. The number of rotatable bonds is 7. The van der Waals surface area contributed by atoms with E-state index in [-0.39, 0.29) is 30.4 Å². The number of ether oxygens (including phenoxy) is 2. The van der Waals surface area contributed by atoms with E-state index in [4.69, 9.17) is 9.47 Å². The molecule has 6 aliphatic rings. The molecule has 3 N–H and O–H groups in total. The fraction of sp³-hybridized carbons (Fsp3) is 0.639. The molecule has 2 aromatic carbocycles. The van der Waals surface area contributed by atoms with Crippen LogP contribution in [0.2, 0.25) is 0 Å². The quantitative estimate of drug-likeness (QED) is 0.322. The second kappa shape index (κ2) is 12.9. The first kappa shape index (κ1) is 29.3. The van der Waals surface area contributed by atoms with E-state index in [0.717, 1.165) is 85.4 Å². The third-order valence-corrected chi connectivity index (χ3v) is 10.9. The molecule has 7 heteroatoms. The van der Waals surface area contributed by atoms with Gasteiger partial charge in [0.2, 0.25) is 0 Å². The van der Waals surface area contributed by atoms with Crippen LogP contribution in [0.4, 0.5) is 10.5 Å². The van der Waals surface area contributed by atoms with E-state index >= 15 is 0 Å². The van der Waals surface area contributed by atoms with Gasteiger partial charge in [0.15, 0.2) is 6.29 Å². The van der Waals surface area contributed by atoms with Crippen LogP contribution in [0.15, 0.2) is 48.5 Å². The van der Waals surface area contributed by atoms with Gasteiger partial charge in [-0.1, -0.05) is 55.7 Å². The zero-order valence-corrected chi connectivity index (χ0v) is 25.5. The molecule has 3 atom stereocenters. The number of urea groups is 1. The monoisotopic (exact) mass is 587 g/mol. The largest absolute Gasteiger partial charge is 0.392 e. The van der Waals surface area contributed by atoms with Crippen LogP contribution in [-0.4, -0.2) is 47.3 Å². The van der Waals surface area contributed by atoms with Gasteiger partial charge in [0.1, 0.15) is 0 Å². The Balaban J connectivity index is 1.02. The molecule has 0 unspecified atom stereocenters. The highest BCUT2D eigenvalue weighted by atomic mass is 16.7. The van der Waals surface area contributed by atoms with Crippen molar-refractivity contribution >= 4 is 11.7 Å². The van der Waals surface area contributed by atoms with Crippen LogP contribution in [0.3, 0.4) is 0 Å². The fourth-order valence-electron chi connectivity index (χ4n) is 9.21. The summed E-state index contributed by atoms with van der Waals surface area (Å²) < 4.78 is 13.2. The number of amides is 2. The van der Waals surface area contributed by atoms with Crippen LogP contribution >= 0.6 is 0 Å². The molecule has 0 spiro atoms. The second-order valence-electron chi connectivity index (χ2n) is 14.3. The molecule has 2 aliphatic heterocycles. The summed E-state index contributed by atoms with van der Waals surface area (Å²) in [4.78, 5) is 15.7. The maximum atomic E-state index is 13.1. The minimum Gasteiger partial charge on any atom is -0.392 e. The first-order valence-electron chi connectivity index (χ1n) is 16.9. The summed E-state index contributed by atoms with van der Waals surface area (Å²) in [6.45, 7) is 3.21. The zero-order chi connectivity index (χ0) is 29.2. The first-order valence-corrected chi connectivity index (χ1v) is 16.9. The van der Waals surface area contributed by atoms with E-state index in [2.05, 4.69) is 27.7 Å². The predicted molar refractivity (Wildman–Crippen MR) is 167 cm³/mol. The SMILES string of the molecule is O=C(Nc1ccc([C@@H]2O[C@H](CN3CCCCCCC3)C[C@H](c3ccc(CO)cc3)O2)cc1)NC12CC3CC(CC(C3)C1)C2. The molecular weight excluding hydrogens is 538 g/mol. The molecular formula is C36H49N3O4. The lowest BCUT2D eigenvalue weighted by Crippen LogP contribution is -2.60. The van der Waals surface area contributed by atoms with Gasteiger partial charge in [-0.3, -0.25) is 0 Å². The smallest absolute Gasteiger partial charge is 0.319 e. The maximum absolute atomic E-state index is 13.1. The highest BCUT2D eigenvalue weighted by molar-refractivity contribution is 5.89. The normalized spacial score (nSPS) is 34.3. The number of anilines is 1. The number of carbonyl (C=O) groups excluding carboxylic acids is 1. The Morgan fingerprint density at radius 3 is 2.02 bits per heavy atom. The number of aliphatic hydroxyl groups excluding tert-OH is 1. The van der Waals surface area contributed by atoms with Crippen LogP contribution in [-0.2, 0) is 16.1 Å². The molecule has 2 amide bonds. The fourth-order valence-corrected chi connectivity index (χ4v) is 9.21. The average Bonchev–Trinajstić information content (AvgIpc) is 2.98. The van der Waals surface area contributed by atoms with E-state index in [1.165, 1.54) is 51.4 Å². The van der Waals surface area contributed by atoms with Crippen molar-refractivity contribution in [1.29, 1.82) is 0 Å². The average molecular weight is 588 g/mol. The molecule has 6 fully saturated rings. The Bertz CT molecular complexity index is 1190. The number of hydrogen-bond donors (Lipinski definition) is 3. The predicted octanol–water partition coefficient (Wildman–Crippen LogP) is 7.08. The van der Waals surface area contributed by atoms with Crippen LogP contribution in [0.25, 0.3) is 0 Å². The number of hydrogen-bond acceptors (Lipinski definition) is 5. The second-order valence-corrected chi connectivity index (χ2v) is 14.3. The highest BCUT2D eigenvalue weighted by Crippen LogP contribution is 2.55. The van der Waals surface area contributed by atoms with Gasteiger partial charge in [0.25, 0.3) is 0 Å². The van der Waals surface area contributed by atoms with Gasteiger partial charge in [0.05, 0.1) is 18.8 Å². The Hall–Kier alpha value is -2.45. The molecule has 2 saturated heterocycles. The van der Waals surface area contributed by atoms with Crippen LogP contribution in [0, 0.1) is 17.8 Å². The summed E-state index contributed by atoms with van der Waals surface area (Å²) in [6.07, 6.45) is 14.3. The molecule has 4 aliphatic carbocycles. The number of benzene rings is 2. The molecule has 0 aromatic heterocycles. The molecule has 2 heterocycles. The van der Waals surface area contributed by atoms with Gasteiger partial charge >= 0.3 is 6.03 Å². The van der Waals surface area contributed by atoms with Crippen molar-refractivity contribution in [3.63, 3.8) is 0 Å². The molecule has 43 heavy (non-hydrogen) atoms. The summed E-state index contributed by atoms with van der Waals surface area (Å²) in [7, 11) is 0. The lowest BCUT2D eigenvalue weighted by molar-refractivity contribution is -0.253. The molecule has 4 bridgehead atoms. The molecule has 7 nitrogen and oxygen atoms in total. The van der Waals surface area contributed by atoms with Gasteiger partial charge in [-0.15, -0.1) is 0 Å². The Morgan fingerprint density at radius 1 is 0.791 bits per heavy atom. The Labute approximate surface area is 256 Å². The van der Waals surface area contributed by atoms with Crippen molar-refractivity contribution in [2.24, 2.45) is 17.8 Å². The van der Waals surface area contributed by atoms with Crippen molar-refractivity contribution in [3.05, 3.63) is 65.2 Å². The standard InChI is InChI=1S/C36H49N3O4/c40-24-25-6-8-29(9-7-25)33-19-32(23-39-14-4-2-1-3-5-15-39)42-34(43-33)30-10-12-31(13-11-30)37-35(41)38-36-20-26-16-27(21-36)18-28(17-26)22-36/h6-13,26-28,32-34,40H,1-5,14-24H2,(H2,37,38,41)/t26?,27?,28?,32-,33+,34+,36?/m0/s1. The minimum absolute atomic E-state index is 0.00550. The molecule has 4 saturated carbocycles. The molecule has 8 rings (SSSR count). The summed E-state index contributed by atoms with van der Waals surface area (Å²) in [5.41, 5.74) is 3.76. The Kier molecular flexibility index (Phi) is 8.77. The van der Waals surface area contributed by atoms with E-state index in [1.54, 1.807) is 0 Å². The van der Waals surface area contributed by atoms with Crippen molar-refractivity contribution in [2.45, 2.75) is 108 Å². The molecule has 232 valence electrons. The molecule has 0 radical (unpaired) electrons. The Morgan fingerprint density at radius 2 is 1.40 bits per heavy atom. The van der Waals surface area contributed by atoms with Gasteiger partial charge < -0.3 is 30.1 Å². The minimum atomic E-state index is -0.481. The van der Waals surface area contributed by atoms with Gasteiger partial charge in [-0.05, 0) is 105 Å². The lowest BCUT2D eigenvalue weighted by Gasteiger charge is -2.56. The highest BCUT2D eigenvalue weighted by Gasteiger charge is 2.51. The van der Waals surface area contributed by atoms with Crippen molar-refractivity contribution in [3.8, 4) is 0 Å². The first-order chi connectivity index (χ1) is 21.0. The topological polar surface area (TPSA) is 83.1 Å². The zero-order valence-electron chi connectivity index (χ0n) is 25.5. The van der Waals surface area contributed by atoms with E-state index in [9.17, 15) is 9.90 Å². The van der Waals surface area contributed by atoms with Crippen molar-refractivity contribution < 1.29 is 19.4 Å².